The molecule has 0 radical (unpaired) electrons. The molecule has 2 atom stereocenters. The smallest absolute Gasteiger partial charge is 0.0130 e. The maximum absolute atomic E-state index is 2.33. The van der Waals surface area contributed by atoms with Gasteiger partial charge in [0.2, 0.25) is 0 Å². The van der Waals surface area contributed by atoms with Crippen molar-refractivity contribution in [2.45, 2.75) is 38.5 Å². The Kier molecular flexibility index (Phi) is 8.43. The van der Waals surface area contributed by atoms with Crippen LogP contribution in [-0.4, -0.2) is 0 Å². The van der Waals surface area contributed by atoms with Crippen molar-refractivity contribution in [3.05, 3.63) is 202 Å². The summed E-state index contributed by atoms with van der Waals surface area (Å²) in [6, 6.07) is 58.1. The number of hydrogen-bond acceptors (Lipinski definition) is 0. The average Bonchev–Trinajstić information content (AvgIpc) is 3.04. The summed E-state index contributed by atoms with van der Waals surface area (Å²) in [5.74, 6) is 0.652. The van der Waals surface area contributed by atoms with Gasteiger partial charge in [-0.25, -0.2) is 0 Å². The molecule has 0 fully saturated rings. The number of hydrogen-bond donors (Lipinski definition) is 0. The molecule has 0 heteroatoms. The minimum absolute atomic E-state index is 0.320. The molecule has 6 aromatic rings. The summed E-state index contributed by atoms with van der Waals surface area (Å²) in [6.45, 7) is 4.36. The molecule has 0 nitrogen and oxygen atoms in total. The Morgan fingerprint density at radius 3 is 1.26 bits per heavy atom. The van der Waals surface area contributed by atoms with E-state index in [4.69, 9.17) is 0 Å². The van der Waals surface area contributed by atoms with Gasteiger partial charge in [0.15, 0.2) is 0 Å². The van der Waals surface area contributed by atoms with Crippen LogP contribution in [0.5, 0.6) is 0 Å². The van der Waals surface area contributed by atoms with Crippen LogP contribution in [0.2, 0.25) is 0 Å². The van der Waals surface area contributed by atoms with Crippen molar-refractivity contribution in [2.24, 2.45) is 0 Å². The first-order chi connectivity index (χ1) is 20.6. The van der Waals surface area contributed by atoms with Crippen molar-refractivity contribution in [3.8, 4) is 11.1 Å². The van der Waals surface area contributed by atoms with Gasteiger partial charge < -0.3 is 0 Å². The van der Waals surface area contributed by atoms with Gasteiger partial charge in [-0.3, -0.25) is 0 Å². The fourth-order valence-corrected chi connectivity index (χ4v) is 6.14. The summed E-state index contributed by atoms with van der Waals surface area (Å²) in [5.41, 5.74) is 13.3. The van der Waals surface area contributed by atoms with Crippen molar-refractivity contribution in [2.75, 3.05) is 0 Å². The Morgan fingerprint density at radius 1 is 0.357 bits per heavy atom. The zero-order valence-corrected chi connectivity index (χ0v) is 24.6. The topological polar surface area (TPSA) is 0 Å². The molecule has 0 saturated carbocycles. The molecule has 6 aromatic carbocycles. The molecule has 206 valence electrons. The van der Waals surface area contributed by atoms with Gasteiger partial charge in [-0.1, -0.05) is 169 Å². The molecule has 0 spiro atoms. The monoisotopic (exact) mass is 542 g/mol. The normalized spacial score (nSPS) is 12.5. The van der Waals surface area contributed by atoms with Crippen molar-refractivity contribution >= 4 is 0 Å². The fourth-order valence-electron chi connectivity index (χ4n) is 6.14. The van der Waals surface area contributed by atoms with Gasteiger partial charge in [-0.15, -0.1) is 0 Å². The molecule has 2 unspecified atom stereocenters. The molecule has 0 aliphatic rings. The molecule has 0 N–H and O–H groups in total. The summed E-state index contributed by atoms with van der Waals surface area (Å²) in [7, 11) is 0. The van der Waals surface area contributed by atoms with Crippen molar-refractivity contribution in [3.63, 3.8) is 0 Å². The second kappa shape index (κ2) is 12.9. The largest absolute Gasteiger partial charge is 0.0622 e. The molecular weight excluding hydrogens is 504 g/mol. The minimum Gasteiger partial charge on any atom is -0.0622 e. The number of aryl methyl sites for hydroxylation is 2. The van der Waals surface area contributed by atoms with Crippen LogP contribution in [0.4, 0.5) is 0 Å². The summed E-state index contributed by atoms with van der Waals surface area (Å²) < 4.78 is 0. The maximum Gasteiger partial charge on any atom is 0.0130 e. The molecule has 0 amide bonds. The lowest BCUT2D eigenvalue weighted by molar-refractivity contribution is 0.803. The Morgan fingerprint density at radius 2 is 0.762 bits per heavy atom. The van der Waals surface area contributed by atoms with Crippen LogP contribution in [0.3, 0.4) is 0 Å². The van der Waals surface area contributed by atoms with Gasteiger partial charge >= 0.3 is 0 Å². The van der Waals surface area contributed by atoms with Crippen molar-refractivity contribution in [1.82, 2.24) is 0 Å². The third kappa shape index (κ3) is 6.61. The Balaban J connectivity index is 1.23. The third-order valence-corrected chi connectivity index (χ3v) is 8.41. The van der Waals surface area contributed by atoms with Gasteiger partial charge in [0.25, 0.3) is 0 Å². The Hall–Kier alpha value is -4.68. The van der Waals surface area contributed by atoms with E-state index in [0.29, 0.717) is 11.8 Å². The molecule has 0 heterocycles. The summed E-state index contributed by atoms with van der Waals surface area (Å²) in [4.78, 5) is 0. The van der Waals surface area contributed by atoms with Crippen LogP contribution >= 0.6 is 0 Å². The van der Waals surface area contributed by atoms with Gasteiger partial charge in [-0.05, 0) is 71.2 Å². The van der Waals surface area contributed by atoms with Crippen molar-refractivity contribution in [1.29, 1.82) is 0 Å². The minimum atomic E-state index is 0.320. The molecule has 0 aliphatic carbocycles. The van der Waals surface area contributed by atoms with Gasteiger partial charge in [-0.2, -0.15) is 0 Å². The first-order valence-corrected chi connectivity index (χ1v) is 15.0. The Labute approximate surface area is 251 Å². The SMILES string of the molecule is Cc1cccc(C(Cc2ccc(-c3ccc(C(Cc4ccccc4)c4cccc(C)c4)cc3)cc2)c2ccccc2)c1. The first-order valence-electron chi connectivity index (χ1n) is 15.0. The summed E-state index contributed by atoms with van der Waals surface area (Å²) >= 11 is 0. The third-order valence-electron chi connectivity index (χ3n) is 8.41. The molecule has 42 heavy (non-hydrogen) atoms. The van der Waals surface area contributed by atoms with Crippen LogP contribution in [0.1, 0.15) is 56.3 Å². The van der Waals surface area contributed by atoms with E-state index in [1.807, 2.05) is 0 Å². The molecule has 0 bridgehead atoms. The van der Waals surface area contributed by atoms with Gasteiger partial charge in [0, 0.05) is 11.8 Å². The van der Waals surface area contributed by atoms with Crippen LogP contribution in [0.15, 0.2) is 158 Å². The van der Waals surface area contributed by atoms with Gasteiger partial charge in [0.1, 0.15) is 0 Å². The average molecular weight is 543 g/mol. The van der Waals surface area contributed by atoms with Gasteiger partial charge in [0.05, 0.1) is 0 Å². The summed E-state index contributed by atoms with van der Waals surface area (Å²) in [6.07, 6.45) is 1.96. The number of rotatable bonds is 9. The quantitative estimate of drug-likeness (QED) is 0.170. The zero-order valence-electron chi connectivity index (χ0n) is 24.6. The van der Waals surface area contributed by atoms with E-state index in [0.717, 1.165) is 12.8 Å². The maximum atomic E-state index is 2.33. The molecule has 0 aromatic heterocycles. The predicted molar refractivity (Wildman–Crippen MR) is 178 cm³/mol. The molecular formula is C42H38. The van der Waals surface area contributed by atoms with E-state index in [-0.39, 0.29) is 0 Å². The molecule has 0 saturated heterocycles. The second-order valence-corrected chi connectivity index (χ2v) is 11.6. The van der Waals surface area contributed by atoms with E-state index >= 15 is 0 Å². The zero-order chi connectivity index (χ0) is 28.7. The van der Waals surface area contributed by atoms with E-state index in [9.17, 15) is 0 Å². The lowest BCUT2D eigenvalue weighted by Crippen LogP contribution is -2.06. The molecule has 0 aliphatic heterocycles. The highest BCUT2D eigenvalue weighted by molar-refractivity contribution is 5.64. The van der Waals surface area contributed by atoms with Crippen LogP contribution in [0.25, 0.3) is 11.1 Å². The molecule has 6 rings (SSSR count). The van der Waals surface area contributed by atoms with E-state index in [2.05, 4.69) is 172 Å². The Bertz CT molecular complexity index is 1710. The van der Waals surface area contributed by atoms with Crippen molar-refractivity contribution < 1.29 is 0 Å². The van der Waals surface area contributed by atoms with Crippen LogP contribution in [0, 0.1) is 13.8 Å². The van der Waals surface area contributed by atoms with E-state index in [1.165, 1.54) is 55.6 Å². The highest BCUT2D eigenvalue weighted by Crippen LogP contribution is 2.33. The lowest BCUT2D eigenvalue weighted by Gasteiger charge is -2.20. The van der Waals surface area contributed by atoms with Crippen LogP contribution in [-0.2, 0) is 12.8 Å². The van der Waals surface area contributed by atoms with E-state index in [1.54, 1.807) is 0 Å². The predicted octanol–water partition coefficient (Wildman–Crippen LogP) is 10.7. The van der Waals surface area contributed by atoms with E-state index < -0.39 is 0 Å². The second-order valence-electron chi connectivity index (χ2n) is 11.6. The highest BCUT2D eigenvalue weighted by Gasteiger charge is 2.17. The van der Waals surface area contributed by atoms with Crippen LogP contribution < -0.4 is 0 Å². The highest BCUT2D eigenvalue weighted by atomic mass is 14.2. The summed E-state index contributed by atoms with van der Waals surface area (Å²) in [5, 5.41) is 0. The lowest BCUT2D eigenvalue weighted by atomic mass is 9.84. The fraction of sp³-hybridized carbons (Fsp3) is 0.143. The standard InChI is InChI=1S/C42H38/c1-31-11-9-17-39(27-31)41(37-15-7-4-8-16-37)30-34-19-21-35(22-20-34)36-23-25-38(26-24-36)42(29-33-13-5-3-6-14-33)40-18-10-12-32(2)28-40/h3-28,41-42H,29-30H2,1-2H3. The number of benzene rings is 6. The first kappa shape index (κ1) is 27.5.